The van der Waals surface area contributed by atoms with Gasteiger partial charge in [0.25, 0.3) is 0 Å². The van der Waals surface area contributed by atoms with Crippen LogP contribution in [0.2, 0.25) is 0 Å². The molecule has 26 heavy (non-hydrogen) atoms. The number of halogens is 1. The van der Waals surface area contributed by atoms with Crippen LogP contribution < -0.4 is 0 Å². The van der Waals surface area contributed by atoms with Gasteiger partial charge in [-0.3, -0.25) is 4.98 Å². The molecular formula is C21H21FN4. The van der Waals surface area contributed by atoms with Crippen molar-refractivity contribution in [1.29, 1.82) is 0 Å². The summed E-state index contributed by atoms with van der Waals surface area (Å²) in [6.07, 6.45) is 10.8. The van der Waals surface area contributed by atoms with E-state index in [1.54, 1.807) is 6.20 Å². The maximum Gasteiger partial charge on any atom is 0.144 e. The number of rotatable bonds is 2. The zero-order chi connectivity index (χ0) is 17.7. The molecule has 2 aliphatic rings. The summed E-state index contributed by atoms with van der Waals surface area (Å²) in [5, 5.41) is 1.09. The molecule has 0 spiro atoms. The molecule has 0 fully saturated rings. The monoisotopic (exact) mass is 348 g/mol. The minimum atomic E-state index is -0.472. The molecule has 3 aromatic heterocycles. The van der Waals surface area contributed by atoms with Crippen LogP contribution in [0.3, 0.4) is 0 Å². The number of pyridine rings is 2. The summed E-state index contributed by atoms with van der Waals surface area (Å²) >= 11 is 0. The molecular weight excluding hydrogens is 327 g/mol. The van der Waals surface area contributed by atoms with Gasteiger partial charge in [-0.1, -0.05) is 0 Å². The van der Waals surface area contributed by atoms with Crippen LogP contribution in [-0.4, -0.2) is 33.0 Å². The highest BCUT2D eigenvalue weighted by molar-refractivity contribution is 5.89. The van der Waals surface area contributed by atoms with Gasteiger partial charge in [-0.05, 0) is 54.3 Å². The van der Waals surface area contributed by atoms with E-state index in [1.807, 2.05) is 18.5 Å². The topological polar surface area (TPSA) is 34.0 Å². The molecule has 3 aromatic rings. The molecule has 0 saturated heterocycles. The van der Waals surface area contributed by atoms with Gasteiger partial charge in [0.2, 0.25) is 0 Å². The van der Waals surface area contributed by atoms with Gasteiger partial charge in [-0.15, -0.1) is 0 Å². The molecule has 0 N–H and O–H groups in total. The number of nitrogens with zero attached hydrogens (tertiary/aromatic N) is 4. The first-order valence-corrected chi connectivity index (χ1v) is 9.13. The number of allylic oxidation sites excluding steroid dienone is 1. The first-order valence-electron chi connectivity index (χ1n) is 9.13. The predicted octanol–water partition coefficient (Wildman–Crippen LogP) is 3.83. The molecule has 5 heteroatoms. The summed E-state index contributed by atoms with van der Waals surface area (Å²) in [6, 6.07) is 4.08. The summed E-state index contributed by atoms with van der Waals surface area (Å²) in [4.78, 5) is 11.2. The number of alkyl halides is 1. The maximum absolute atomic E-state index is 13.2. The molecule has 0 atom stereocenters. The second-order valence-corrected chi connectivity index (χ2v) is 7.32. The molecule has 4 nitrogen and oxygen atoms in total. The van der Waals surface area contributed by atoms with Crippen molar-refractivity contribution in [1.82, 2.24) is 19.4 Å². The van der Waals surface area contributed by atoms with Gasteiger partial charge in [-0.25, -0.2) is 9.37 Å². The molecule has 0 unspecified atom stereocenters. The van der Waals surface area contributed by atoms with Crippen molar-refractivity contribution in [3.8, 4) is 0 Å². The third-order valence-electron chi connectivity index (χ3n) is 5.63. The summed E-state index contributed by atoms with van der Waals surface area (Å²) in [6.45, 7) is 1.45. The van der Waals surface area contributed by atoms with Crippen LogP contribution in [0.4, 0.5) is 4.39 Å². The van der Waals surface area contributed by atoms with Crippen molar-refractivity contribution in [2.75, 3.05) is 13.6 Å². The van der Waals surface area contributed by atoms with Crippen molar-refractivity contribution in [2.45, 2.75) is 32.5 Å². The van der Waals surface area contributed by atoms with E-state index in [9.17, 15) is 4.39 Å². The first kappa shape index (κ1) is 15.7. The molecule has 4 heterocycles. The SMILES string of the molecule is CN1CCc2c(c3cc(CF)cnc3n2/C=C2\CCc3cnccc32)C1. The zero-order valence-corrected chi connectivity index (χ0v) is 14.9. The van der Waals surface area contributed by atoms with E-state index in [0.717, 1.165) is 43.4 Å². The Hall–Kier alpha value is -2.53. The molecule has 132 valence electrons. The standard InChI is InChI=1S/C21H21FN4/c1-25-7-5-20-19(13-25)18-8-14(9-22)10-24-21(18)26(20)12-16-3-2-15-11-23-6-4-17(15)16/h4,6,8,10-12H,2-3,5,7,9,13H2,1H3/b16-12+. The lowest BCUT2D eigenvalue weighted by Crippen LogP contribution is -2.26. The van der Waals surface area contributed by atoms with Crippen LogP contribution in [0.15, 0.2) is 30.7 Å². The highest BCUT2D eigenvalue weighted by Crippen LogP contribution is 2.35. The molecule has 1 aliphatic heterocycles. The van der Waals surface area contributed by atoms with Crippen LogP contribution in [0.1, 0.15) is 34.4 Å². The third-order valence-corrected chi connectivity index (χ3v) is 5.63. The molecule has 0 aromatic carbocycles. The Balaban J connectivity index is 1.72. The second kappa shape index (κ2) is 6.02. The van der Waals surface area contributed by atoms with Crippen LogP contribution in [0.5, 0.6) is 0 Å². The Labute approximate surface area is 152 Å². The molecule has 0 amide bonds. The van der Waals surface area contributed by atoms with Gasteiger partial charge in [0.15, 0.2) is 0 Å². The summed E-state index contributed by atoms with van der Waals surface area (Å²) in [5.74, 6) is 0. The van der Waals surface area contributed by atoms with Crippen molar-refractivity contribution in [2.24, 2.45) is 0 Å². The van der Waals surface area contributed by atoms with Gasteiger partial charge >= 0.3 is 0 Å². The summed E-state index contributed by atoms with van der Waals surface area (Å²) < 4.78 is 15.4. The number of fused-ring (bicyclic) bond motifs is 4. The highest BCUT2D eigenvalue weighted by Gasteiger charge is 2.24. The fraction of sp³-hybridized carbons (Fsp3) is 0.333. The Morgan fingerprint density at radius 3 is 3.04 bits per heavy atom. The van der Waals surface area contributed by atoms with E-state index in [1.165, 1.54) is 28.0 Å². The van der Waals surface area contributed by atoms with Crippen molar-refractivity contribution >= 4 is 22.8 Å². The minimum absolute atomic E-state index is 0.472. The van der Waals surface area contributed by atoms with Crippen molar-refractivity contribution < 1.29 is 4.39 Å². The normalized spacial score (nSPS) is 18.5. The van der Waals surface area contributed by atoms with E-state index >= 15 is 0 Å². The highest BCUT2D eigenvalue weighted by atomic mass is 19.1. The van der Waals surface area contributed by atoms with Crippen LogP contribution in [0, 0.1) is 0 Å². The van der Waals surface area contributed by atoms with Gasteiger partial charge in [-0.2, -0.15) is 0 Å². The average Bonchev–Trinajstić information content (AvgIpc) is 3.21. The number of hydrogen-bond acceptors (Lipinski definition) is 3. The summed E-state index contributed by atoms with van der Waals surface area (Å²) in [7, 11) is 2.14. The fourth-order valence-electron chi connectivity index (χ4n) is 4.28. The van der Waals surface area contributed by atoms with Crippen LogP contribution in [-0.2, 0) is 26.1 Å². The molecule has 0 saturated carbocycles. The molecule has 0 bridgehead atoms. The summed E-state index contributed by atoms with van der Waals surface area (Å²) in [5.41, 5.74) is 8.14. The maximum atomic E-state index is 13.2. The van der Waals surface area contributed by atoms with Crippen molar-refractivity contribution in [3.63, 3.8) is 0 Å². The lowest BCUT2D eigenvalue weighted by Gasteiger charge is -2.23. The van der Waals surface area contributed by atoms with Crippen LogP contribution in [0.25, 0.3) is 22.8 Å². The van der Waals surface area contributed by atoms with E-state index in [4.69, 9.17) is 0 Å². The van der Waals surface area contributed by atoms with E-state index < -0.39 is 6.67 Å². The fourth-order valence-corrected chi connectivity index (χ4v) is 4.28. The predicted molar refractivity (Wildman–Crippen MR) is 101 cm³/mol. The number of hydrogen-bond donors (Lipinski definition) is 0. The Bertz CT molecular complexity index is 1030. The quantitative estimate of drug-likeness (QED) is 0.706. The Kier molecular flexibility index (Phi) is 3.64. The number of likely N-dealkylation sites (N-methyl/N-ethyl adjacent to an activating group) is 1. The molecule has 0 radical (unpaired) electrons. The number of aryl methyl sites for hydroxylation is 1. The van der Waals surface area contributed by atoms with Crippen LogP contribution >= 0.6 is 0 Å². The van der Waals surface area contributed by atoms with E-state index in [-0.39, 0.29) is 0 Å². The van der Waals surface area contributed by atoms with E-state index in [2.05, 4.69) is 38.7 Å². The molecule has 1 aliphatic carbocycles. The number of aromatic nitrogens is 3. The first-order chi connectivity index (χ1) is 12.7. The van der Waals surface area contributed by atoms with Crippen molar-refractivity contribution in [3.05, 3.63) is 58.7 Å². The van der Waals surface area contributed by atoms with Gasteiger partial charge in [0.1, 0.15) is 12.3 Å². The zero-order valence-electron chi connectivity index (χ0n) is 14.9. The molecule has 5 rings (SSSR count). The second-order valence-electron chi connectivity index (χ2n) is 7.32. The Morgan fingerprint density at radius 1 is 1.23 bits per heavy atom. The smallest absolute Gasteiger partial charge is 0.144 e. The lowest BCUT2D eigenvalue weighted by molar-refractivity contribution is 0.312. The van der Waals surface area contributed by atoms with Gasteiger partial charge in [0, 0.05) is 60.9 Å². The third kappa shape index (κ3) is 2.38. The van der Waals surface area contributed by atoms with Gasteiger partial charge < -0.3 is 9.47 Å². The largest absolute Gasteiger partial charge is 0.304 e. The average molecular weight is 348 g/mol. The minimum Gasteiger partial charge on any atom is -0.304 e. The lowest BCUT2D eigenvalue weighted by atomic mass is 10.0. The van der Waals surface area contributed by atoms with E-state index in [0.29, 0.717) is 5.56 Å². The Morgan fingerprint density at radius 2 is 2.15 bits per heavy atom. The van der Waals surface area contributed by atoms with Gasteiger partial charge in [0.05, 0.1) is 0 Å².